The predicted octanol–water partition coefficient (Wildman–Crippen LogP) is 2.19. The van der Waals surface area contributed by atoms with Crippen molar-refractivity contribution in [1.29, 1.82) is 0 Å². The zero-order chi connectivity index (χ0) is 15.5. The average molecular weight is 304 g/mol. The Hall–Kier alpha value is -2.34. The van der Waals surface area contributed by atoms with E-state index in [9.17, 15) is 13.2 Å². The number of carbonyl (C=O) groups is 1. The molecule has 0 bridgehead atoms. The van der Waals surface area contributed by atoms with Crippen molar-refractivity contribution < 1.29 is 13.2 Å². The predicted molar refractivity (Wildman–Crippen MR) is 81.7 cm³/mol. The smallest absolute Gasteiger partial charge is 0.261 e. The number of para-hydroxylation sites is 1. The van der Waals surface area contributed by atoms with Crippen molar-refractivity contribution in [3.8, 4) is 0 Å². The standard InChI is InChI=1S/C15H16N2O3S/c1-17(2)15(18)13-10-6-7-11-14(13)16-21(19,20)12-8-4-3-5-9-12/h3-11,16H,1-2H3. The van der Waals surface area contributed by atoms with Crippen molar-refractivity contribution >= 4 is 21.6 Å². The normalized spacial score (nSPS) is 11.0. The lowest BCUT2D eigenvalue weighted by molar-refractivity contribution is 0.0828. The molecule has 0 saturated carbocycles. The maximum Gasteiger partial charge on any atom is 0.261 e. The van der Waals surface area contributed by atoms with E-state index in [1.165, 1.54) is 17.0 Å². The number of amides is 1. The molecule has 0 unspecified atom stereocenters. The van der Waals surface area contributed by atoms with Crippen LogP contribution in [-0.2, 0) is 10.0 Å². The van der Waals surface area contributed by atoms with E-state index in [-0.39, 0.29) is 16.5 Å². The summed E-state index contributed by atoms with van der Waals surface area (Å²) in [6.07, 6.45) is 0. The first-order chi connectivity index (χ1) is 9.92. The van der Waals surface area contributed by atoms with Gasteiger partial charge in [0, 0.05) is 14.1 Å². The summed E-state index contributed by atoms with van der Waals surface area (Å²) >= 11 is 0. The number of hydrogen-bond acceptors (Lipinski definition) is 3. The molecule has 0 radical (unpaired) electrons. The fourth-order valence-electron chi connectivity index (χ4n) is 1.80. The van der Waals surface area contributed by atoms with Gasteiger partial charge in [0.25, 0.3) is 15.9 Å². The highest BCUT2D eigenvalue weighted by molar-refractivity contribution is 7.92. The molecule has 0 aliphatic rings. The van der Waals surface area contributed by atoms with Crippen LogP contribution in [0.5, 0.6) is 0 Å². The van der Waals surface area contributed by atoms with Gasteiger partial charge < -0.3 is 4.90 Å². The quantitative estimate of drug-likeness (QED) is 0.941. The third kappa shape index (κ3) is 3.41. The van der Waals surface area contributed by atoms with Gasteiger partial charge in [-0.25, -0.2) is 8.42 Å². The second-order valence-electron chi connectivity index (χ2n) is 4.66. The number of carbonyl (C=O) groups excluding carboxylic acids is 1. The van der Waals surface area contributed by atoms with Crippen molar-refractivity contribution in [1.82, 2.24) is 4.90 Å². The van der Waals surface area contributed by atoms with E-state index >= 15 is 0 Å². The average Bonchev–Trinajstić information content (AvgIpc) is 2.47. The summed E-state index contributed by atoms with van der Waals surface area (Å²) < 4.78 is 27.1. The zero-order valence-electron chi connectivity index (χ0n) is 11.8. The number of nitrogens with zero attached hydrogens (tertiary/aromatic N) is 1. The van der Waals surface area contributed by atoms with Gasteiger partial charge >= 0.3 is 0 Å². The molecule has 0 spiro atoms. The Morgan fingerprint density at radius 2 is 1.52 bits per heavy atom. The highest BCUT2D eigenvalue weighted by Gasteiger charge is 2.18. The van der Waals surface area contributed by atoms with E-state index in [2.05, 4.69) is 4.72 Å². The Morgan fingerprint density at radius 3 is 2.14 bits per heavy atom. The molecule has 0 aliphatic carbocycles. The van der Waals surface area contributed by atoms with Crippen LogP contribution in [-0.4, -0.2) is 33.3 Å². The van der Waals surface area contributed by atoms with Crippen LogP contribution in [0.4, 0.5) is 5.69 Å². The lowest BCUT2D eigenvalue weighted by Crippen LogP contribution is -2.24. The van der Waals surface area contributed by atoms with E-state index in [4.69, 9.17) is 0 Å². The Bertz CT molecular complexity index is 741. The molecule has 5 nitrogen and oxygen atoms in total. The number of anilines is 1. The third-order valence-electron chi connectivity index (χ3n) is 2.86. The minimum absolute atomic E-state index is 0.150. The van der Waals surface area contributed by atoms with Crippen LogP contribution in [0.3, 0.4) is 0 Å². The molecule has 110 valence electrons. The summed E-state index contributed by atoms with van der Waals surface area (Å²) in [6, 6.07) is 14.5. The van der Waals surface area contributed by atoms with Gasteiger partial charge in [-0.1, -0.05) is 30.3 Å². The largest absolute Gasteiger partial charge is 0.345 e. The molecular weight excluding hydrogens is 288 g/mol. The van der Waals surface area contributed by atoms with Crippen LogP contribution in [0.15, 0.2) is 59.5 Å². The molecule has 0 atom stereocenters. The monoisotopic (exact) mass is 304 g/mol. The van der Waals surface area contributed by atoms with Gasteiger partial charge in [-0.15, -0.1) is 0 Å². The Morgan fingerprint density at radius 1 is 0.952 bits per heavy atom. The Kier molecular flexibility index (Phi) is 4.28. The molecule has 0 fully saturated rings. The summed E-state index contributed by atoms with van der Waals surface area (Å²) in [5.74, 6) is -0.263. The number of benzene rings is 2. The topological polar surface area (TPSA) is 66.5 Å². The highest BCUT2D eigenvalue weighted by Crippen LogP contribution is 2.20. The van der Waals surface area contributed by atoms with Crippen molar-refractivity contribution in [2.45, 2.75) is 4.90 Å². The molecule has 0 heterocycles. The Labute approximate surface area is 124 Å². The highest BCUT2D eigenvalue weighted by atomic mass is 32.2. The molecule has 6 heteroatoms. The Balaban J connectivity index is 2.39. The summed E-state index contributed by atoms with van der Waals surface area (Å²) in [4.78, 5) is 13.6. The molecule has 2 aromatic carbocycles. The van der Waals surface area contributed by atoms with Crippen molar-refractivity contribution in [3.05, 3.63) is 60.2 Å². The van der Waals surface area contributed by atoms with Gasteiger partial charge in [-0.05, 0) is 24.3 Å². The SMILES string of the molecule is CN(C)C(=O)c1ccccc1NS(=O)(=O)c1ccccc1. The zero-order valence-corrected chi connectivity index (χ0v) is 12.6. The number of hydrogen-bond donors (Lipinski definition) is 1. The van der Waals surface area contributed by atoms with Gasteiger partial charge in [-0.2, -0.15) is 0 Å². The van der Waals surface area contributed by atoms with E-state index in [0.717, 1.165) is 0 Å². The first-order valence-electron chi connectivity index (χ1n) is 6.30. The van der Waals surface area contributed by atoms with Gasteiger partial charge in [0.15, 0.2) is 0 Å². The minimum Gasteiger partial charge on any atom is -0.345 e. The lowest BCUT2D eigenvalue weighted by Gasteiger charge is -2.15. The van der Waals surface area contributed by atoms with E-state index in [1.54, 1.807) is 56.6 Å². The molecule has 21 heavy (non-hydrogen) atoms. The van der Waals surface area contributed by atoms with E-state index < -0.39 is 10.0 Å². The van der Waals surface area contributed by atoms with Crippen LogP contribution >= 0.6 is 0 Å². The molecule has 0 aliphatic heterocycles. The molecular formula is C15H16N2O3S. The molecule has 1 amide bonds. The maximum absolute atomic E-state index is 12.3. The van der Waals surface area contributed by atoms with Crippen LogP contribution in [0.2, 0.25) is 0 Å². The van der Waals surface area contributed by atoms with Gasteiger partial charge in [0.1, 0.15) is 0 Å². The van der Waals surface area contributed by atoms with Crippen molar-refractivity contribution in [2.24, 2.45) is 0 Å². The fraction of sp³-hybridized carbons (Fsp3) is 0.133. The third-order valence-corrected chi connectivity index (χ3v) is 4.24. The van der Waals surface area contributed by atoms with E-state index in [1.807, 2.05) is 0 Å². The fourth-order valence-corrected chi connectivity index (χ4v) is 2.90. The first-order valence-corrected chi connectivity index (χ1v) is 7.78. The first kappa shape index (κ1) is 15.1. The van der Waals surface area contributed by atoms with Crippen molar-refractivity contribution in [2.75, 3.05) is 18.8 Å². The lowest BCUT2D eigenvalue weighted by atomic mass is 10.1. The van der Waals surface area contributed by atoms with Crippen LogP contribution in [0.1, 0.15) is 10.4 Å². The summed E-state index contributed by atoms with van der Waals surface area (Å²) in [6.45, 7) is 0. The number of nitrogens with one attached hydrogen (secondary N) is 1. The molecule has 0 aromatic heterocycles. The van der Waals surface area contributed by atoms with Gasteiger partial charge in [0.2, 0.25) is 0 Å². The number of rotatable bonds is 4. The molecule has 1 N–H and O–H groups in total. The second-order valence-corrected chi connectivity index (χ2v) is 6.35. The van der Waals surface area contributed by atoms with Crippen LogP contribution < -0.4 is 4.72 Å². The van der Waals surface area contributed by atoms with Gasteiger partial charge in [0.05, 0.1) is 16.1 Å². The summed E-state index contributed by atoms with van der Waals surface area (Å²) in [5.41, 5.74) is 0.571. The van der Waals surface area contributed by atoms with E-state index in [0.29, 0.717) is 5.56 Å². The molecule has 2 aromatic rings. The molecule has 0 saturated heterocycles. The summed E-state index contributed by atoms with van der Waals surface area (Å²) in [5, 5.41) is 0. The second kappa shape index (κ2) is 5.97. The molecule has 2 rings (SSSR count). The maximum atomic E-state index is 12.3. The summed E-state index contributed by atoms with van der Waals surface area (Å²) in [7, 11) is -0.484. The van der Waals surface area contributed by atoms with Crippen molar-refractivity contribution in [3.63, 3.8) is 0 Å². The van der Waals surface area contributed by atoms with Gasteiger partial charge in [-0.3, -0.25) is 9.52 Å². The number of sulfonamides is 1. The van der Waals surface area contributed by atoms with Crippen LogP contribution in [0, 0.1) is 0 Å². The van der Waals surface area contributed by atoms with Crippen LogP contribution in [0.25, 0.3) is 0 Å². The minimum atomic E-state index is -3.72.